The Kier molecular flexibility index (Phi) is 5.63. The van der Waals surface area contributed by atoms with Gasteiger partial charge in [0.15, 0.2) is 0 Å². The summed E-state index contributed by atoms with van der Waals surface area (Å²) in [7, 11) is 0. The van der Waals surface area contributed by atoms with Gasteiger partial charge in [0.1, 0.15) is 6.61 Å². The van der Waals surface area contributed by atoms with E-state index >= 15 is 0 Å². The highest BCUT2D eigenvalue weighted by Gasteiger charge is 2.28. The molecule has 0 spiro atoms. The van der Waals surface area contributed by atoms with E-state index in [9.17, 15) is 19.3 Å². The van der Waals surface area contributed by atoms with Crippen molar-refractivity contribution in [3.63, 3.8) is 0 Å². The van der Waals surface area contributed by atoms with Gasteiger partial charge in [0.2, 0.25) is 5.82 Å². The first kappa shape index (κ1) is 20.1. The van der Waals surface area contributed by atoms with Gasteiger partial charge in [-0.05, 0) is 34.4 Å². The van der Waals surface area contributed by atoms with Gasteiger partial charge in [0.05, 0.1) is 11.5 Å². The lowest BCUT2D eigenvalue weighted by Gasteiger charge is -2.14. The van der Waals surface area contributed by atoms with Crippen molar-refractivity contribution >= 4 is 11.8 Å². The first-order chi connectivity index (χ1) is 15.0. The summed E-state index contributed by atoms with van der Waals surface area (Å²) < 4.78 is 19.0. The van der Waals surface area contributed by atoms with Gasteiger partial charge in [-0.25, -0.2) is 4.79 Å². The van der Waals surface area contributed by atoms with E-state index in [0.717, 1.165) is 34.4 Å². The molecule has 1 N–H and O–H groups in total. The third-order valence-corrected chi connectivity index (χ3v) is 5.04. The van der Waals surface area contributed by atoms with E-state index in [2.05, 4.69) is 29.3 Å². The zero-order valence-electron chi connectivity index (χ0n) is 16.3. The summed E-state index contributed by atoms with van der Waals surface area (Å²) >= 11 is 0. The number of benzene rings is 3. The van der Waals surface area contributed by atoms with Crippen molar-refractivity contribution in [3.8, 4) is 23.0 Å². The van der Waals surface area contributed by atoms with Crippen LogP contribution in [-0.4, -0.2) is 24.2 Å². The molecule has 1 amide bonds. The van der Waals surface area contributed by atoms with E-state index in [1.807, 2.05) is 36.4 Å². The molecular formula is C24H17FN2O4. The lowest BCUT2D eigenvalue weighted by molar-refractivity contribution is -0.387. The van der Waals surface area contributed by atoms with Gasteiger partial charge in [0, 0.05) is 17.5 Å². The van der Waals surface area contributed by atoms with Gasteiger partial charge in [-0.15, -0.1) is 0 Å². The summed E-state index contributed by atoms with van der Waals surface area (Å²) in [6, 6.07) is 19.5. The fraction of sp³-hybridized carbons (Fsp3) is 0.125. The molecule has 3 aromatic carbocycles. The lowest BCUT2D eigenvalue weighted by Crippen LogP contribution is -2.26. The summed E-state index contributed by atoms with van der Waals surface area (Å²) in [5.41, 5.74) is 4.20. The molecule has 0 fully saturated rings. The van der Waals surface area contributed by atoms with Crippen LogP contribution in [0.15, 0.2) is 66.7 Å². The molecule has 0 saturated heterocycles. The number of hydrogen-bond donors (Lipinski definition) is 1. The summed E-state index contributed by atoms with van der Waals surface area (Å²) in [5.74, 6) is 4.32. The number of fused-ring (bicyclic) bond motifs is 3. The van der Waals surface area contributed by atoms with Crippen LogP contribution in [0.25, 0.3) is 11.1 Å². The van der Waals surface area contributed by atoms with Crippen molar-refractivity contribution in [3.05, 3.63) is 99.4 Å². The average Bonchev–Trinajstić information content (AvgIpc) is 3.09. The lowest BCUT2D eigenvalue weighted by atomic mass is 9.98. The van der Waals surface area contributed by atoms with Gasteiger partial charge >= 0.3 is 11.8 Å². The Labute approximate surface area is 177 Å². The highest BCUT2D eigenvalue weighted by Crippen LogP contribution is 2.44. The topological polar surface area (TPSA) is 81.5 Å². The van der Waals surface area contributed by atoms with E-state index in [1.54, 1.807) is 0 Å². The molecule has 0 radical (unpaired) electrons. The van der Waals surface area contributed by atoms with Crippen LogP contribution >= 0.6 is 0 Å². The van der Waals surface area contributed by atoms with Gasteiger partial charge in [-0.3, -0.25) is 10.1 Å². The highest BCUT2D eigenvalue weighted by atomic mass is 19.1. The molecule has 0 unspecified atom stereocenters. The Bertz CT molecular complexity index is 1180. The third-order valence-electron chi connectivity index (χ3n) is 5.04. The van der Waals surface area contributed by atoms with Crippen molar-refractivity contribution in [2.75, 3.05) is 13.2 Å². The van der Waals surface area contributed by atoms with Crippen LogP contribution in [0.2, 0.25) is 0 Å². The summed E-state index contributed by atoms with van der Waals surface area (Å²) in [6.45, 7) is 0.191. The molecular weight excluding hydrogens is 399 g/mol. The van der Waals surface area contributed by atoms with E-state index in [0.29, 0.717) is 0 Å². The molecule has 0 aliphatic heterocycles. The number of rotatable bonds is 4. The molecule has 31 heavy (non-hydrogen) atoms. The molecule has 1 aliphatic rings. The van der Waals surface area contributed by atoms with E-state index < -0.39 is 22.5 Å². The van der Waals surface area contributed by atoms with Crippen LogP contribution in [0.4, 0.5) is 14.9 Å². The SMILES string of the molecule is O=C(NCC#Cc1ccc([N+](=O)[O-])c(F)c1)OCC1c2ccccc2-c2ccccc21. The zero-order valence-corrected chi connectivity index (χ0v) is 16.3. The maximum Gasteiger partial charge on any atom is 0.407 e. The molecule has 3 aromatic rings. The number of halogens is 1. The first-order valence-electron chi connectivity index (χ1n) is 9.56. The predicted octanol–water partition coefficient (Wildman–Crippen LogP) is 4.62. The van der Waals surface area contributed by atoms with Gasteiger partial charge in [-0.1, -0.05) is 60.4 Å². The Morgan fingerprint density at radius 1 is 1.06 bits per heavy atom. The fourth-order valence-electron chi connectivity index (χ4n) is 3.64. The van der Waals surface area contributed by atoms with Crippen LogP contribution in [0.5, 0.6) is 0 Å². The zero-order chi connectivity index (χ0) is 21.8. The number of carbonyl (C=O) groups is 1. The van der Waals surface area contributed by atoms with Crippen molar-refractivity contribution in [2.24, 2.45) is 0 Å². The fourth-order valence-corrected chi connectivity index (χ4v) is 3.64. The number of nitrogens with one attached hydrogen (secondary N) is 1. The van der Waals surface area contributed by atoms with Crippen LogP contribution in [-0.2, 0) is 4.74 Å². The molecule has 0 aromatic heterocycles. The largest absolute Gasteiger partial charge is 0.449 e. The number of ether oxygens (including phenoxy) is 1. The normalized spacial score (nSPS) is 11.6. The minimum absolute atomic E-state index is 0.00468. The molecule has 0 atom stereocenters. The quantitative estimate of drug-likeness (QED) is 0.382. The predicted molar refractivity (Wildman–Crippen MR) is 113 cm³/mol. The van der Waals surface area contributed by atoms with Crippen molar-refractivity contribution in [1.82, 2.24) is 5.32 Å². The molecule has 1 aliphatic carbocycles. The van der Waals surface area contributed by atoms with Gasteiger partial charge < -0.3 is 10.1 Å². The minimum atomic E-state index is -0.957. The van der Waals surface area contributed by atoms with Crippen molar-refractivity contribution < 1.29 is 18.8 Å². The Balaban J connectivity index is 1.34. The molecule has 0 saturated carbocycles. The number of amides is 1. The van der Waals surface area contributed by atoms with Gasteiger partial charge in [0.25, 0.3) is 0 Å². The van der Waals surface area contributed by atoms with Crippen LogP contribution in [0, 0.1) is 27.8 Å². The van der Waals surface area contributed by atoms with Crippen LogP contribution in [0.3, 0.4) is 0 Å². The molecule has 0 heterocycles. The number of hydrogen-bond acceptors (Lipinski definition) is 4. The highest BCUT2D eigenvalue weighted by molar-refractivity contribution is 5.79. The average molecular weight is 416 g/mol. The van der Waals surface area contributed by atoms with E-state index in [4.69, 9.17) is 4.74 Å². The van der Waals surface area contributed by atoms with Crippen LogP contribution in [0.1, 0.15) is 22.6 Å². The molecule has 7 heteroatoms. The molecule has 6 nitrogen and oxygen atoms in total. The maximum absolute atomic E-state index is 13.6. The number of nitro groups is 1. The molecule has 0 bridgehead atoms. The van der Waals surface area contributed by atoms with Crippen molar-refractivity contribution in [2.45, 2.75) is 5.92 Å². The monoisotopic (exact) mass is 416 g/mol. The number of carbonyl (C=O) groups excluding carboxylic acids is 1. The summed E-state index contributed by atoms with van der Waals surface area (Å²) in [6.07, 6.45) is -0.606. The van der Waals surface area contributed by atoms with E-state index in [1.165, 1.54) is 6.07 Å². The number of nitro benzene ring substituents is 1. The Morgan fingerprint density at radius 3 is 2.32 bits per heavy atom. The minimum Gasteiger partial charge on any atom is -0.449 e. The standard InChI is InChI=1S/C24H17FN2O4/c25-22-14-16(11-12-23(22)27(29)30)6-5-13-26-24(28)31-15-21-19-9-3-1-7-17(19)18-8-2-4-10-20(18)21/h1-4,7-12,14,21H,13,15H2,(H,26,28). The second-order valence-electron chi connectivity index (χ2n) is 6.90. The summed E-state index contributed by atoms with van der Waals surface area (Å²) in [5, 5.41) is 13.2. The summed E-state index contributed by atoms with van der Waals surface area (Å²) in [4.78, 5) is 21.9. The first-order valence-corrected chi connectivity index (χ1v) is 9.56. The van der Waals surface area contributed by atoms with Gasteiger partial charge in [-0.2, -0.15) is 4.39 Å². The molecule has 154 valence electrons. The number of nitrogens with zero attached hydrogens (tertiary/aromatic N) is 1. The third kappa shape index (κ3) is 4.23. The number of alkyl carbamates (subject to hydrolysis) is 1. The second-order valence-corrected chi connectivity index (χ2v) is 6.90. The van der Waals surface area contributed by atoms with E-state index in [-0.39, 0.29) is 24.6 Å². The Hall–Kier alpha value is -4.18. The maximum atomic E-state index is 13.6. The molecule has 4 rings (SSSR count). The van der Waals surface area contributed by atoms with Crippen molar-refractivity contribution in [1.29, 1.82) is 0 Å². The Morgan fingerprint density at radius 2 is 1.71 bits per heavy atom. The van der Waals surface area contributed by atoms with Crippen LogP contribution < -0.4 is 5.32 Å². The smallest absolute Gasteiger partial charge is 0.407 e. The second kappa shape index (κ2) is 8.67.